The van der Waals surface area contributed by atoms with E-state index in [2.05, 4.69) is 24.3 Å². The first-order chi connectivity index (χ1) is 17.9. The average Bonchev–Trinajstić information content (AvgIpc) is 2.92. The third-order valence-electron chi connectivity index (χ3n) is 7.78. The van der Waals surface area contributed by atoms with E-state index in [1.807, 2.05) is 62.4 Å². The normalized spacial score (nSPS) is 19.3. The second kappa shape index (κ2) is 12.4. The van der Waals surface area contributed by atoms with E-state index in [1.54, 1.807) is 12.1 Å². The Bertz CT molecular complexity index is 1110. The summed E-state index contributed by atoms with van der Waals surface area (Å²) in [7, 11) is 0. The monoisotopic (exact) mass is 501 g/mol. The number of unbranched alkanes of at least 4 members (excludes halogenated alkanes) is 1. The molecule has 4 rings (SSSR count). The van der Waals surface area contributed by atoms with E-state index in [0.717, 1.165) is 37.7 Å². The number of hydroxylamine groups is 2. The Balaban J connectivity index is 1.32. The molecule has 5 nitrogen and oxygen atoms in total. The minimum atomic E-state index is -0.680. The zero-order chi connectivity index (χ0) is 26.3. The minimum Gasteiger partial charge on any atom is -0.508 e. The molecule has 3 aromatic rings. The molecule has 0 spiro atoms. The largest absolute Gasteiger partial charge is 0.508 e. The van der Waals surface area contributed by atoms with Gasteiger partial charge in [-0.1, -0.05) is 72.8 Å². The number of hydrogen-bond acceptors (Lipinski definition) is 5. The van der Waals surface area contributed by atoms with Crippen molar-refractivity contribution in [3.63, 3.8) is 0 Å². The quantitative estimate of drug-likeness (QED) is 0.239. The van der Waals surface area contributed by atoms with Crippen molar-refractivity contribution in [3.05, 3.63) is 102 Å². The molecule has 196 valence electrons. The maximum absolute atomic E-state index is 12.7. The Kier molecular flexibility index (Phi) is 9.01. The van der Waals surface area contributed by atoms with Crippen molar-refractivity contribution in [2.45, 2.75) is 63.3 Å². The summed E-state index contributed by atoms with van der Waals surface area (Å²) in [6, 6.07) is 27.8. The van der Waals surface area contributed by atoms with Gasteiger partial charge in [0.25, 0.3) is 0 Å². The smallest absolute Gasteiger partial charge is 0.315 e. The van der Waals surface area contributed by atoms with Gasteiger partial charge in [0.2, 0.25) is 0 Å². The average molecular weight is 502 g/mol. The lowest BCUT2D eigenvalue weighted by Gasteiger charge is -2.39. The predicted octanol–water partition coefficient (Wildman–Crippen LogP) is 6.69. The Morgan fingerprint density at radius 2 is 1.57 bits per heavy atom. The summed E-state index contributed by atoms with van der Waals surface area (Å²) < 4.78 is 5.63. The number of hydrogen-bond donors (Lipinski definition) is 2. The van der Waals surface area contributed by atoms with E-state index in [1.165, 1.54) is 16.2 Å². The molecule has 1 heterocycles. The number of aromatic hydroxyl groups is 1. The number of rotatable bonds is 10. The van der Waals surface area contributed by atoms with Crippen LogP contribution in [-0.4, -0.2) is 40.5 Å². The summed E-state index contributed by atoms with van der Waals surface area (Å²) in [6.07, 6.45) is 4.29. The van der Waals surface area contributed by atoms with Crippen molar-refractivity contribution < 1.29 is 19.8 Å². The first kappa shape index (κ1) is 26.9. The topological polar surface area (TPSA) is 70.0 Å². The van der Waals surface area contributed by atoms with Crippen LogP contribution >= 0.6 is 0 Å². The number of phenolic OH excluding ortho intramolecular Hbond substituents is 1. The van der Waals surface area contributed by atoms with Crippen molar-refractivity contribution in [1.82, 2.24) is 5.06 Å². The number of phenols is 1. The molecule has 2 N–H and O–H groups in total. The van der Waals surface area contributed by atoms with E-state index >= 15 is 0 Å². The lowest BCUT2D eigenvalue weighted by Crippen LogP contribution is -2.41. The van der Waals surface area contributed by atoms with Gasteiger partial charge < -0.3 is 15.1 Å². The summed E-state index contributed by atoms with van der Waals surface area (Å²) in [4.78, 5) is 12.7. The molecule has 0 bridgehead atoms. The van der Waals surface area contributed by atoms with Gasteiger partial charge in [-0.2, -0.15) is 5.06 Å². The SMILES string of the molecule is CC(C)(C(=O)OCCCCC1CC(C(c2ccccc2)c2ccc(O)cc2)CCN1O)c1ccccc1. The number of piperidine rings is 1. The van der Waals surface area contributed by atoms with Crippen LogP contribution in [0.15, 0.2) is 84.9 Å². The second-order valence-electron chi connectivity index (χ2n) is 10.7. The van der Waals surface area contributed by atoms with Crippen molar-refractivity contribution in [2.24, 2.45) is 5.92 Å². The maximum atomic E-state index is 12.7. The van der Waals surface area contributed by atoms with Gasteiger partial charge in [0.05, 0.1) is 12.0 Å². The van der Waals surface area contributed by atoms with E-state index in [0.29, 0.717) is 19.1 Å². The molecule has 1 aliphatic heterocycles. The van der Waals surface area contributed by atoms with E-state index < -0.39 is 5.41 Å². The summed E-state index contributed by atoms with van der Waals surface area (Å²) in [5, 5.41) is 21.9. The van der Waals surface area contributed by atoms with Crippen molar-refractivity contribution in [2.75, 3.05) is 13.2 Å². The molecular weight excluding hydrogens is 462 g/mol. The third-order valence-corrected chi connectivity index (χ3v) is 7.78. The van der Waals surface area contributed by atoms with Gasteiger partial charge in [-0.05, 0) is 80.7 Å². The summed E-state index contributed by atoms with van der Waals surface area (Å²) >= 11 is 0. The van der Waals surface area contributed by atoms with Gasteiger partial charge in [0, 0.05) is 18.5 Å². The number of benzene rings is 3. The molecule has 1 saturated heterocycles. The first-order valence-corrected chi connectivity index (χ1v) is 13.4. The third kappa shape index (κ3) is 6.79. The number of carbonyl (C=O) groups excluding carboxylic acids is 1. The van der Waals surface area contributed by atoms with Crippen molar-refractivity contribution in [3.8, 4) is 5.75 Å². The second-order valence-corrected chi connectivity index (χ2v) is 10.7. The fraction of sp³-hybridized carbons (Fsp3) is 0.406. The highest BCUT2D eigenvalue weighted by molar-refractivity contribution is 5.82. The van der Waals surface area contributed by atoms with Crippen LogP contribution < -0.4 is 0 Å². The molecule has 0 aliphatic carbocycles. The van der Waals surface area contributed by atoms with E-state index in [4.69, 9.17) is 4.74 Å². The fourth-order valence-electron chi connectivity index (χ4n) is 5.52. The van der Waals surface area contributed by atoms with Crippen LogP contribution in [0.1, 0.15) is 68.6 Å². The number of carbonyl (C=O) groups is 1. The van der Waals surface area contributed by atoms with Crippen LogP contribution in [0.25, 0.3) is 0 Å². The number of esters is 1. The van der Waals surface area contributed by atoms with Gasteiger partial charge >= 0.3 is 5.97 Å². The van der Waals surface area contributed by atoms with Crippen LogP contribution in [-0.2, 0) is 14.9 Å². The maximum Gasteiger partial charge on any atom is 0.315 e. The minimum absolute atomic E-state index is 0.0681. The lowest BCUT2D eigenvalue weighted by atomic mass is 9.74. The molecular formula is C32H39NO4. The number of nitrogens with zero attached hydrogens (tertiary/aromatic N) is 1. The van der Waals surface area contributed by atoms with Crippen LogP contribution in [0, 0.1) is 5.92 Å². The summed E-state index contributed by atoms with van der Waals surface area (Å²) in [5.41, 5.74) is 2.72. The van der Waals surface area contributed by atoms with Crippen molar-refractivity contribution in [1.29, 1.82) is 0 Å². The molecule has 0 amide bonds. The Morgan fingerprint density at radius 1 is 0.946 bits per heavy atom. The summed E-state index contributed by atoms with van der Waals surface area (Å²) in [5.74, 6) is 0.648. The highest BCUT2D eigenvalue weighted by Crippen LogP contribution is 2.40. The Hall–Kier alpha value is -3.15. The van der Waals surface area contributed by atoms with Crippen molar-refractivity contribution >= 4 is 5.97 Å². The Morgan fingerprint density at radius 3 is 2.24 bits per heavy atom. The van der Waals surface area contributed by atoms with Gasteiger partial charge in [-0.15, -0.1) is 0 Å². The molecule has 0 radical (unpaired) electrons. The number of ether oxygens (including phenoxy) is 1. The molecule has 1 fully saturated rings. The van der Waals surface area contributed by atoms with Crippen LogP contribution in [0.4, 0.5) is 0 Å². The molecule has 37 heavy (non-hydrogen) atoms. The van der Waals surface area contributed by atoms with Gasteiger partial charge in [0.1, 0.15) is 5.75 Å². The molecule has 3 unspecified atom stereocenters. The fourth-order valence-corrected chi connectivity index (χ4v) is 5.52. The highest BCUT2D eigenvalue weighted by atomic mass is 16.5. The highest BCUT2D eigenvalue weighted by Gasteiger charge is 2.34. The van der Waals surface area contributed by atoms with Crippen LogP contribution in [0.5, 0.6) is 5.75 Å². The zero-order valence-corrected chi connectivity index (χ0v) is 21.9. The molecule has 1 aliphatic rings. The lowest BCUT2D eigenvalue weighted by molar-refractivity contribution is -0.154. The predicted molar refractivity (Wildman–Crippen MR) is 146 cm³/mol. The van der Waals surface area contributed by atoms with Gasteiger partial charge in [-0.3, -0.25) is 4.79 Å². The molecule has 5 heteroatoms. The zero-order valence-electron chi connectivity index (χ0n) is 21.9. The molecule has 0 saturated carbocycles. The van der Waals surface area contributed by atoms with E-state index in [-0.39, 0.29) is 23.7 Å². The molecule has 3 aromatic carbocycles. The summed E-state index contributed by atoms with van der Waals surface area (Å²) in [6.45, 7) is 4.81. The standard InChI is InChI=1S/C32H39NO4/c1-32(2,27-13-7-4-8-14-27)31(35)37-22-10-9-15-28-23-26(20-21-33(28)36)30(24-11-5-3-6-12-24)25-16-18-29(34)19-17-25/h3-8,11-14,16-19,26,28,30,34,36H,9-10,15,20-23H2,1-2H3. The molecule has 0 aromatic heterocycles. The first-order valence-electron chi connectivity index (χ1n) is 13.4. The van der Waals surface area contributed by atoms with Crippen LogP contribution in [0.3, 0.4) is 0 Å². The van der Waals surface area contributed by atoms with E-state index in [9.17, 15) is 15.1 Å². The van der Waals surface area contributed by atoms with Gasteiger partial charge in [-0.25, -0.2) is 0 Å². The Labute approximate surface area is 220 Å². The molecule has 3 atom stereocenters. The van der Waals surface area contributed by atoms with Crippen LogP contribution in [0.2, 0.25) is 0 Å². The van der Waals surface area contributed by atoms with Gasteiger partial charge in [0.15, 0.2) is 0 Å².